The van der Waals surface area contributed by atoms with Gasteiger partial charge in [-0.2, -0.15) is 15.5 Å². The molecule has 0 radical (unpaired) electrons. The van der Waals surface area contributed by atoms with Crippen LogP contribution in [-0.4, -0.2) is 50.9 Å². The molecule has 12 nitrogen and oxygen atoms in total. The molecule has 1 fully saturated rings. The second-order valence-electron chi connectivity index (χ2n) is 9.74. The van der Waals surface area contributed by atoms with Crippen molar-refractivity contribution in [1.82, 2.24) is 18.7 Å². The van der Waals surface area contributed by atoms with Crippen LogP contribution in [0.1, 0.15) is 36.5 Å². The number of hydrogen-bond donors (Lipinski definition) is 1. The molecule has 1 aliphatic heterocycles. The minimum Gasteiger partial charge on any atom is -0.468 e. The summed E-state index contributed by atoms with van der Waals surface area (Å²) >= 11 is 0. The first-order chi connectivity index (χ1) is 19.3. The van der Waals surface area contributed by atoms with Crippen LogP contribution in [-0.2, 0) is 29.2 Å². The number of piperidine rings is 1. The normalized spacial score (nSPS) is 15.2. The van der Waals surface area contributed by atoms with Crippen LogP contribution in [0.5, 0.6) is 0 Å². The van der Waals surface area contributed by atoms with Gasteiger partial charge in [-0.15, -0.1) is 0 Å². The zero-order valence-corrected chi connectivity index (χ0v) is 22.3. The van der Waals surface area contributed by atoms with E-state index in [9.17, 15) is 24.9 Å². The van der Waals surface area contributed by atoms with E-state index in [1.165, 1.54) is 13.2 Å². The number of carbonyl (C=O) groups excluding carboxylic acids is 1. The van der Waals surface area contributed by atoms with Crippen molar-refractivity contribution in [3.63, 3.8) is 0 Å². The largest absolute Gasteiger partial charge is 0.468 e. The molecule has 0 aliphatic carbocycles. The lowest BCUT2D eigenvalue weighted by atomic mass is 9.95. The second-order valence-corrected chi connectivity index (χ2v) is 9.74. The smallest absolute Gasteiger partial charge is 0.333 e. The summed E-state index contributed by atoms with van der Waals surface area (Å²) in [5.74, 6) is -0.188. The summed E-state index contributed by atoms with van der Waals surface area (Å²) in [6, 6.07) is 12.8. The first-order valence-corrected chi connectivity index (χ1v) is 13.0. The molecule has 0 saturated carbocycles. The Bertz CT molecular complexity index is 1850. The van der Waals surface area contributed by atoms with Crippen LogP contribution in [0.2, 0.25) is 0 Å². The minimum atomic E-state index is -0.777. The fraction of sp³-hybridized carbons (Fsp3) is 0.357. The molecule has 3 heterocycles. The van der Waals surface area contributed by atoms with E-state index in [1.54, 1.807) is 28.8 Å². The number of fused-ring (bicyclic) bond motifs is 2. The number of anilines is 1. The SMILES string of the molecule is CCn1c(N2CCCC(N)C2)nc2c1c(=O)n(Cc1cc(C#N)c3ccccc3c1C#N)c(=O)n2CC(=O)OC. The number of methoxy groups -OCH3 is 1. The van der Waals surface area contributed by atoms with Crippen molar-refractivity contribution in [2.45, 2.75) is 45.4 Å². The molecule has 4 aromatic rings. The maximum atomic E-state index is 14.0. The molecule has 2 N–H and O–H groups in total. The fourth-order valence-corrected chi connectivity index (χ4v) is 5.44. The van der Waals surface area contributed by atoms with Crippen LogP contribution < -0.4 is 21.9 Å². The lowest BCUT2D eigenvalue weighted by molar-refractivity contribution is -0.141. The third-order valence-electron chi connectivity index (χ3n) is 7.35. The fourth-order valence-electron chi connectivity index (χ4n) is 5.44. The highest BCUT2D eigenvalue weighted by molar-refractivity contribution is 5.93. The van der Waals surface area contributed by atoms with Crippen LogP contribution in [0.15, 0.2) is 39.9 Å². The summed E-state index contributed by atoms with van der Waals surface area (Å²) in [6.45, 7) is 2.73. The van der Waals surface area contributed by atoms with E-state index in [0.717, 1.165) is 22.0 Å². The maximum absolute atomic E-state index is 14.0. The highest BCUT2D eigenvalue weighted by Crippen LogP contribution is 2.27. The van der Waals surface area contributed by atoms with Gasteiger partial charge in [-0.05, 0) is 31.4 Å². The van der Waals surface area contributed by atoms with Crippen LogP contribution >= 0.6 is 0 Å². The van der Waals surface area contributed by atoms with Gasteiger partial charge in [0.05, 0.1) is 30.9 Å². The van der Waals surface area contributed by atoms with E-state index in [4.69, 9.17) is 10.5 Å². The van der Waals surface area contributed by atoms with Gasteiger partial charge in [-0.3, -0.25) is 18.7 Å². The van der Waals surface area contributed by atoms with E-state index in [-0.39, 0.29) is 29.3 Å². The number of rotatable bonds is 6. The Morgan fingerprint density at radius 3 is 2.55 bits per heavy atom. The summed E-state index contributed by atoms with van der Waals surface area (Å²) in [6.07, 6.45) is 1.73. The van der Waals surface area contributed by atoms with Gasteiger partial charge in [0, 0.05) is 36.4 Å². The number of nitriles is 2. The standard InChI is InChI=1S/C28H28N8O4/c1-3-34-24-25(32-27(34)33-10-6-7-19(31)15-33)35(16-23(37)40-2)28(39)36(26(24)38)14-18-11-17(12-29)20-8-4-5-9-21(20)22(18)13-30/h4-5,8-9,11,19H,3,6-7,10,14-16,31H2,1-2H3. The zero-order valence-electron chi connectivity index (χ0n) is 22.3. The lowest BCUT2D eigenvalue weighted by Gasteiger charge is -2.31. The zero-order chi connectivity index (χ0) is 28.6. The number of aryl methyl sites for hydroxylation is 1. The molecule has 1 unspecified atom stereocenters. The molecule has 40 heavy (non-hydrogen) atoms. The van der Waals surface area contributed by atoms with Crippen LogP contribution in [0.4, 0.5) is 5.95 Å². The second kappa shape index (κ2) is 10.7. The Hall–Kier alpha value is -4.94. The Kier molecular flexibility index (Phi) is 7.11. The molecule has 0 amide bonds. The first kappa shape index (κ1) is 26.7. The van der Waals surface area contributed by atoms with Gasteiger partial charge in [-0.25, -0.2) is 4.79 Å². The number of benzene rings is 2. The van der Waals surface area contributed by atoms with Crippen LogP contribution in [0, 0.1) is 22.7 Å². The predicted molar refractivity (Wildman–Crippen MR) is 148 cm³/mol. The van der Waals surface area contributed by atoms with Gasteiger partial charge in [0.25, 0.3) is 5.56 Å². The minimum absolute atomic E-state index is 0.0561. The number of nitrogens with two attached hydrogens (primary N) is 1. The van der Waals surface area contributed by atoms with Gasteiger partial charge < -0.3 is 19.9 Å². The van der Waals surface area contributed by atoms with Crippen LogP contribution in [0.3, 0.4) is 0 Å². The summed E-state index contributed by atoms with van der Waals surface area (Å²) in [4.78, 5) is 46.8. The third-order valence-corrected chi connectivity index (χ3v) is 7.35. The van der Waals surface area contributed by atoms with Gasteiger partial charge in [-0.1, -0.05) is 24.3 Å². The van der Waals surface area contributed by atoms with Gasteiger partial charge in [0.1, 0.15) is 12.6 Å². The van der Waals surface area contributed by atoms with E-state index in [1.807, 2.05) is 11.8 Å². The molecule has 1 saturated heterocycles. The van der Waals surface area contributed by atoms with Gasteiger partial charge in [0.2, 0.25) is 5.95 Å². The highest BCUT2D eigenvalue weighted by atomic mass is 16.5. The molecule has 0 spiro atoms. The molecule has 204 valence electrons. The Balaban J connectivity index is 1.78. The number of imidazole rings is 1. The average Bonchev–Trinajstić information content (AvgIpc) is 3.36. The van der Waals surface area contributed by atoms with E-state index in [0.29, 0.717) is 47.5 Å². The predicted octanol–water partition coefficient (Wildman–Crippen LogP) is 1.42. The molecule has 0 bridgehead atoms. The molecule has 1 atom stereocenters. The molecule has 5 rings (SSSR count). The van der Waals surface area contributed by atoms with Crippen molar-refractivity contribution in [2.24, 2.45) is 5.73 Å². The third kappa shape index (κ3) is 4.38. The molecule has 12 heteroatoms. The molecule has 2 aromatic heterocycles. The van der Waals surface area contributed by atoms with Crippen molar-refractivity contribution < 1.29 is 9.53 Å². The lowest BCUT2D eigenvalue weighted by Crippen LogP contribution is -2.44. The molecule has 2 aromatic carbocycles. The number of esters is 1. The van der Waals surface area contributed by atoms with Gasteiger partial charge in [0.15, 0.2) is 11.2 Å². The van der Waals surface area contributed by atoms with E-state index < -0.39 is 23.8 Å². The summed E-state index contributed by atoms with van der Waals surface area (Å²) in [7, 11) is 1.21. The number of carbonyl (C=O) groups is 1. The number of nitrogens with zero attached hydrogens (tertiary/aromatic N) is 7. The number of aromatic nitrogens is 4. The van der Waals surface area contributed by atoms with Crippen molar-refractivity contribution >= 4 is 33.9 Å². The number of hydrogen-bond acceptors (Lipinski definition) is 9. The molecular formula is C28H28N8O4. The Morgan fingerprint density at radius 2 is 1.90 bits per heavy atom. The quantitative estimate of drug-likeness (QED) is 0.356. The summed E-state index contributed by atoms with van der Waals surface area (Å²) in [5.41, 5.74) is 5.95. The topological polar surface area (TPSA) is 165 Å². The van der Waals surface area contributed by atoms with Crippen molar-refractivity contribution in [3.05, 3.63) is 67.9 Å². The van der Waals surface area contributed by atoms with Gasteiger partial charge >= 0.3 is 11.7 Å². The monoisotopic (exact) mass is 540 g/mol. The number of ether oxygens (including phenoxy) is 1. The van der Waals surface area contributed by atoms with Crippen molar-refractivity contribution in [1.29, 1.82) is 10.5 Å². The van der Waals surface area contributed by atoms with E-state index >= 15 is 0 Å². The average molecular weight is 541 g/mol. The molecular weight excluding hydrogens is 512 g/mol. The maximum Gasteiger partial charge on any atom is 0.333 e. The van der Waals surface area contributed by atoms with Crippen LogP contribution in [0.25, 0.3) is 21.9 Å². The Morgan fingerprint density at radius 1 is 1.15 bits per heavy atom. The Labute approximate surface area is 229 Å². The van der Waals surface area contributed by atoms with E-state index in [2.05, 4.69) is 17.1 Å². The van der Waals surface area contributed by atoms with Crippen molar-refractivity contribution in [2.75, 3.05) is 25.1 Å². The molecule has 1 aliphatic rings. The highest BCUT2D eigenvalue weighted by Gasteiger charge is 2.27. The first-order valence-electron chi connectivity index (χ1n) is 13.0. The van der Waals surface area contributed by atoms with Crippen molar-refractivity contribution in [3.8, 4) is 12.1 Å². The summed E-state index contributed by atoms with van der Waals surface area (Å²) < 4.78 is 8.66. The summed E-state index contributed by atoms with van der Waals surface area (Å²) in [5, 5.41) is 21.0.